The first-order valence-electron chi connectivity index (χ1n) is 12.2. The highest BCUT2D eigenvalue weighted by molar-refractivity contribution is 7.80. The lowest BCUT2D eigenvalue weighted by atomic mass is 9.73. The molecular formula is C26H35N5S. The molecule has 4 heterocycles. The fraction of sp³-hybridized carbons (Fsp3) is 0.538. The Morgan fingerprint density at radius 1 is 1.22 bits per heavy atom. The Kier molecular flexibility index (Phi) is 6.44. The third kappa shape index (κ3) is 4.28. The van der Waals surface area contributed by atoms with E-state index in [0.29, 0.717) is 17.9 Å². The van der Waals surface area contributed by atoms with Gasteiger partial charge in [-0.05, 0) is 74.0 Å². The lowest BCUT2D eigenvalue weighted by molar-refractivity contribution is 0.00426. The second-order valence-corrected chi connectivity index (χ2v) is 10.2. The van der Waals surface area contributed by atoms with Gasteiger partial charge < -0.3 is 16.4 Å². The Bertz CT molecular complexity index is 972. The monoisotopic (exact) mass is 449 g/mol. The summed E-state index contributed by atoms with van der Waals surface area (Å²) in [7, 11) is 0. The molecule has 6 rings (SSSR count). The smallest absolute Gasteiger partial charge is 0.167 e. The molecule has 1 aromatic heterocycles. The second-order valence-electron chi connectivity index (χ2n) is 9.81. The number of aromatic nitrogens is 1. The number of fused-ring (bicyclic) bond motifs is 4. The number of piperidine rings is 3. The Balaban J connectivity index is 1.44. The summed E-state index contributed by atoms with van der Waals surface area (Å²) in [5, 5.41) is 9.24. The van der Waals surface area contributed by atoms with Crippen molar-refractivity contribution in [2.75, 3.05) is 13.1 Å². The van der Waals surface area contributed by atoms with E-state index in [1.165, 1.54) is 30.2 Å². The second kappa shape index (κ2) is 9.46. The van der Waals surface area contributed by atoms with Crippen LogP contribution < -0.4 is 16.4 Å². The van der Waals surface area contributed by atoms with Crippen LogP contribution in [0.1, 0.15) is 50.1 Å². The maximum atomic E-state index is 6.39. The molecule has 1 saturated carbocycles. The highest BCUT2D eigenvalue weighted by Crippen LogP contribution is 2.42. The first-order valence-corrected chi connectivity index (χ1v) is 12.6. The molecule has 6 heteroatoms. The fourth-order valence-electron chi connectivity index (χ4n) is 6.18. The molecule has 0 amide bonds. The van der Waals surface area contributed by atoms with E-state index in [1.54, 1.807) is 0 Å². The molecule has 7 atom stereocenters. The SMILES string of the molecule is C=CC1CN2CCC1CC2[C@@H](NC(=S)N[C@@H]1CCCC[C@H]1N)c1ccnc2ccccc12. The van der Waals surface area contributed by atoms with Gasteiger partial charge in [0.1, 0.15) is 0 Å². The maximum Gasteiger partial charge on any atom is 0.167 e. The molecule has 0 radical (unpaired) electrons. The van der Waals surface area contributed by atoms with Gasteiger partial charge in [-0.3, -0.25) is 9.88 Å². The average Bonchev–Trinajstić information content (AvgIpc) is 2.84. The molecule has 0 spiro atoms. The molecule has 3 saturated heterocycles. The van der Waals surface area contributed by atoms with Gasteiger partial charge in [-0.25, -0.2) is 0 Å². The Hall–Kier alpha value is -2.02. The zero-order valence-electron chi connectivity index (χ0n) is 18.7. The van der Waals surface area contributed by atoms with Crippen LogP contribution in [0, 0.1) is 11.8 Å². The summed E-state index contributed by atoms with van der Waals surface area (Å²) in [6.45, 7) is 6.34. The fourth-order valence-corrected chi connectivity index (χ4v) is 6.46. The van der Waals surface area contributed by atoms with Crippen LogP contribution in [0.15, 0.2) is 49.2 Å². The van der Waals surface area contributed by atoms with Gasteiger partial charge in [-0.2, -0.15) is 0 Å². The lowest BCUT2D eigenvalue weighted by Crippen LogP contribution is -2.59. The molecular weight excluding hydrogens is 414 g/mol. The van der Waals surface area contributed by atoms with Crippen molar-refractivity contribution in [1.29, 1.82) is 0 Å². The van der Waals surface area contributed by atoms with Crippen molar-refractivity contribution in [1.82, 2.24) is 20.5 Å². The van der Waals surface area contributed by atoms with Gasteiger partial charge in [0, 0.05) is 36.3 Å². The molecule has 32 heavy (non-hydrogen) atoms. The number of nitrogens with one attached hydrogen (secondary N) is 2. The molecule has 1 aliphatic carbocycles. The maximum absolute atomic E-state index is 6.39. The van der Waals surface area contributed by atoms with Crippen molar-refractivity contribution < 1.29 is 0 Å². The van der Waals surface area contributed by atoms with Gasteiger partial charge in [-0.15, -0.1) is 6.58 Å². The molecule has 3 aliphatic heterocycles. The summed E-state index contributed by atoms with van der Waals surface area (Å²) in [6.07, 6.45) is 11.1. The number of pyridine rings is 1. The van der Waals surface area contributed by atoms with Crippen molar-refractivity contribution in [2.45, 2.75) is 62.7 Å². The van der Waals surface area contributed by atoms with Crippen molar-refractivity contribution in [3.8, 4) is 0 Å². The Labute approximate surface area is 196 Å². The van der Waals surface area contributed by atoms with E-state index in [9.17, 15) is 0 Å². The number of benzene rings is 1. The zero-order valence-corrected chi connectivity index (χ0v) is 19.6. The normalized spacial score (nSPS) is 32.9. The predicted octanol–water partition coefficient (Wildman–Crippen LogP) is 3.91. The number of hydrogen-bond acceptors (Lipinski definition) is 4. The average molecular weight is 450 g/mol. The van der Waals surface area contributed by atoms with Gasteiger partial charge in [0.2, 0.25) is 0 Å². The molecule has 4 unspecified atom stereocenters. The van der Waals surface area contributed by atoms with Crippen LogP contribution in [0.5, 0.6) is 0 Å². The van der Waals surface area contributed by atoms with E-state index in [-0.39, 0.29) is 18.1 Å². The molecule has 4 fully saturated rings. The van der Waals surface area contributed by atoms with Crippen LogP contribution >= 0.6 is 12.2 Å². The van der Waals surface area contributed by atoms with Crippen molar-refractivity contribution >= 4 is 28.2 Å². The lowest BCUT2D eigenvalue weighted by Gasteiger charge is -2.52. The van der Waals surface area contributed by atoms with E-state index in [2.05, 4.69) is 63.5 Å². The van der Waals surface area contributed by atoms with Crippen LogP contribution in [0.2, 0.25) is 0 Å². The van der Waals surface area contributed by atoms with Gasteiger partial charge in [-0.1, -0.05) is 37.1 Å². The van der Waals surface area contributed by atoms with Crippen molar-refractivity contribution in [3.63, 3.8) is 0 Å². The first kappa shape index (κ1) is 21.8. The summed E-state index contributed by atoms with van der Waals surface area (Å²) in [5.74, 6) is 1.30. The molecule has 4 N–H and O–H groups in total. The van der Waals surface area contributed by atoms with Crippen molar-refractivity contribution in [3.05, 3.63) is 54.7 Å². The van der Waals surface area contributed by atoms with Gasteiger partial charge >= 0.3 is 0 Å². The predicted molar refractivity (Wildman–Crippen MR) is 135 cm³/mol. The van der Waals surface area contributed by atoms with Crippen molar-refractivity contribution in [2.24, 2.45) is 17.6 Å². The van der Waals surface area contributed by atoms with Crippen LogP contribution in [-0.4, -0.2) is 46.2 Å². The van der Waals surface area contributed by atoms with E-state index >= 15 is 0 Å². The number of nitrogens with two attached hydrogens (primary N) is 1. The highest BCUT2D eigenvalue weighted by Gasteiger charge is 2.43. The van der Waals surface area contributed by atoms with E-state index < -0.39 is 0 Å². The summed E-state index contributed by atoms with van der Waals surface area (Å²) in [4.78, 5) is 7.25. The number of para-hydroxylation sites is 1. The number of hydrogen-bond donors (Lipinski definition) is 3. The van der Waals surface area contributed by atoms with E-state index in [4.69, 9.17) is 18.0 Å². The summed E-state index contributed by atoms with van der Waals surface area (Å²) in [6, 6.07) is 11.5. The molecule has 4 aliphatic rings. The molecule has 2 aromatic rings. The number of rotatable bonds is 5. The minimum Gasteiger partial charge on any atom is -0.358 e. The minimum absolute atomic E-state index is 0.108. The van der Waals surface area contributed by atoms with Gasteiger partial charge in [0.05, 0.1) is 11.6 Å². The van der Waals surface area contributed by atoms with Crippen LogP contribution in [0.4, 0.5) is 0 Å². The molecule has 170 valence electrons. The van der Waals surface area contributed by atoms with Crippen LogP contribution in [-0.2, 0) is 0 Å². The first-order chi connectivity index (χ1) is 15.6. The molecule has 5 nitrogen and oxygen atoms in total. The van der Waals surface area contributed by atoms with E-state index in [1.807, 2.05) is 6.20 Å². The third-order valence-corrected chi connectivity index (χ3v) is 8.21. The quantitative estimate of drug-likeness (QED) is 0.475. The standard InChI is InChI=1S/C26H35N5S/c1-2-17-16-31-14-12-18(17)15-24(31)25(20-11-13-28-22-9-5-3-7-19(20)22)30-26(32)29-23-10-6-4-8-21(23)27/h2-3,5,7,9,11,13,17-18,21,23-25H,1,4,6,8,10,12,14-16,27H2,(H2,29,30,32)/t17?,18?,21-,23-,24?,25+/m1/s1. The molecule has 2 bridgehead atoms. The van der Waals surface area contributed by atoms with Crippen LogP contribution in [0.3, 0.4) is 0 Å². The topological polar surface area (TPSA) is 66.2 Å². The summed E-state index contributed by atoms with van der Waals surface area (Å²) >= 11 is 5.86. The van der Waals surface area contributed by atoms with E-state index in [0.717, 1.165) is 43.0 Å². The van der Waals surface area contributed by atoms with Crippen LogP contribution in [0.25, 0.3) is 10.9 Å². The number of thiocarbonyl (C=S) groups is 1. The highest BCUT2D eigenvalue weighted by atomic mass is 32.1. The minimum atomic E-state index is 0.108. The largest absolute Gasteiger partial charge is 0.358 e. The van der Waals surface area contributed by atoms with Gasteiger partial charge in [0.25, 0.3) is 0 Å². The Morgan fingerprint density at radius 3 is 2.84 bits per heavy atom. The summed E-state index contributed by atoms with van der Waals surface area (Å²) < 4.78 is 0. The number of nitrogens with zero attached hydrogens (tertiary/aromatic N) is 2. The van der Waals surface area contributed by atoms with Gasteiger partial charge in [0.15, 0.2) is 5.11 Å². The molecule has 1 aromatic carbocycles. The summed E-state index contributed by atoms with van der Waals surface area (Å²) in [5.41, 5.74) is 8.70. The zero-order chi connectivity index (χ0) is 22.1. The third-order valence-electron chi connectivity index (χ3n) is 7.98. The Morgan fingerprint density at radius 2 is 2.06 bits per heavy atom.